The number of ether oxygens (including phenoxy) is 1. The molecule has 1 fully saturated rings. The number of rotatable bonds is 5. The highest BCUT2D eigenvalue weighted by molar-refractivity contribution is 5.78. The zero-order valence-electron chi connectivity index (χ0n) is 12.0. The van der Waals surface area contributed by atoms with Crippen molar-refractivity contribution in [2.75, 3.05) is 13.7 Å². The monoisotopic (exact) mass is 261 g/mol. The van der Waals surface area contributed by atoms with Crippen LogP contribution in [0.1, 0.15) is 38.7 Å². The molecule has 0 radical (unpaired) electrons. The number of nitrogens with one attached hydrogen (secondary N) is 1. The predicted molar refractivity (Wildman–Crippen MR) is 76.4 cm³/mol. The molecule has 0 atom stereocenters. The largest absolute Gasteiger partial charge is 0.497 e. The summed E-state index contributed by atoms with van der Waals surface area (Å²) in [7, 11) is 1.68. The third-order valence-corrected chi connectivity index (χ3v) is 4.14. The molecule has 0 saturated heterocycles. The molecule has 1 aromatic carbocycles. The van der Waals surface area contributed by atoms with Gasteiger partial charge in [0.1, 0.15) is 5.75 Å². The molecule has 1 aliphatic rings. The summed E-state index contributed by atoms with van der Waals surface area (Å²) in [5, 5.41) is 3.08. The maximum atomic E-state index is 11.7. The highest BCUT2D eigenvalue weighted by atomic mass is 16.5. The van der Waals surface area contributed by atoms with Crippen molar-refractivity contribution in [3.05, 3.63) is 29.8 Å². The minimum absolute atomic E-state index is 0.0491. The molecule has 3 nitrogen and oxygen atoms in total. The Morgan fingerprint density at radius 2 is 1.95 bits per heavy atom. The molecule has 1 aliphatic carbocycles. The van der Waals surface area contributed by atoms with Crippen LogP contribution in [0.15, 0.2) is 24.3 Å². The minimum atomic E-state index is 0.0491. The van der Waals surface area contributed by atoms with Crippen molar-refractivity contribution in [3.8, 4) is 5.75 Å². The average Bonchev–Trinajstić information content (AvgIpc) is 2.37. The quantitative estimate of drug-likeness (QED) is 0.885. The van der Waals surface area contributed by atoms with Crippen LogP contribution in [-0.2, 0) is 10.2 Å². The zero-order chi connectivity index (χ0) is 13.9. The van der Waals surface area contributed by atoms with Gasteiger partial charge in [-0.1, -0.05) is 32.4 Å². The van der Waals surface area contributed by atoms with Crippen LogP contribution in [0.4, 0.5) is 0 Å². The van der Waals surface area contributed by atoms with E-state index < -0.39 is 0 Å². The number of methoxy groups -OCH3 is 1. The number of hydrogen-bond donors (Lipinski definition) is 1. The number of carbonyl (C=O) groups excluding carboxylic acids is 1. The third kappa shape index (κ3) is 2.91. The smallest absolute Gasteiger partial charge is 0.222 e. The first-order chi connectivity index (χ1) is 9.07. The van der Waals surface area contributed by atoms with Crippen LogP contribution in [0.2, 0.25) is 0 Å². The Morgan fingerprint density at radius 3 is 2.37 bits per heavy atom. The summed E-state index contributed by atoms with van der Waals surface area (Å²) >= 11 is 0. The fourth-order valence-corrected chi connectivity index (χ4v) is 2.58. The van der Waals surface area contributed by atoms with Crippen LogP contribution in [0.5, 0.6) is 5.75 Å². The van der Waals surface area contributed by atoms with E-state index in [-0.39, 0.29) is 17.2 Å². The lowest BCUT2D eigenvalue weighted by Crippen LogP contribution is -2.46. The van der Waals surface area contributed by atoms with Crippen LogP contribution >= 0.6 is 0 Å². The van der Waals surface area contributed by atoms with Crippen LogP contribution < -0.4 is 10.1 Å². The third-order valence-electron chi connectivity index (χ3n) is 4.14. The van der Waals surface area contributed by atoms with Gasteiger partial charge in [-0.25, -0.2) is 0 Å². The molecule has 19 heavy (non-hydrogen) atoms. The SMILES string of the molecule is COc1ccc(C2(CNC(=O)C(C)C)CCC2)cc1. The first kappa shape index (κ1) is 13.9. The molecule has 0 spiro atoms. The van der Waals surface area contributed by atoms with Gasteiger partial charge in [0.15, 0.2) is 0 Å². The standard InChI is InChI=1S/C16H23NO2/c1-12(2)15(18)17-11-16(9-4-10-16)13-5-7-14(19-3)8-6-13/h5-8,12H,4,9-11H2,1-3H3,(H,17,18). The van der Waals surface area contributed by atoms with Gasteiger partial charge < -0.3 is 10.1 Å². The molecule has 0 heterocycles. The van der Waals surface area contributed by atoms with Gasteiger partial charge in [-0.2, -0.15) is 0 Å². The second kappa shape index (κ2) is 5.64. The van der Waals surface area contributed by atoms with E-state index in [1.807, 2.05) is 26.0 Å². The Morgan fingerprint density at radius 1 is 1.32 bits per heavy atom. The number of carbonyl (C=O) groups is 1. The Labute approximate surface area is 115 Å². The normalized spacial score (nSPS) is 16.8. The molecular formula is C16H23NO2. The molecule has 0 unspecified atom stereocenters. The lowest BCUT2D eigenvalue weighted by atomic mass is 9.64. The van der Waals surface area contributed by atoms with Gasteiger partial charge in [-0.05, 0) is 30.5 Å². The topological polar surface area (TPSA) is 38.3 Å². The van der Waals surface area contributed by atoms with Crippen molar-refractivity contribution in [3.63, 3.8) is 0 Å². The summed E-state index contributed by atoms with van der Waals surface area (Å²) < 4.78 is 5.19. The van der Waals surface area contributed by atoms with Crippen molar-refractivity contribution in [2.45, 2.75) is 38.5 Å². The second-order valence-corrected chi connectivity index (χ2v) is 5.73. The summed E-state index contributed by atoms with van der Waals surface area (Å²) in [5.74, 6) is 1.07. The molecule has 1 amide bonds. The van der Waals surface area contributed by atoms with E-state index in [9.17, 15) is 4.79 Å². The Bertz CT molecular complexity index is 433. The van der Waals surface area contributed by atoms with E-state index in [2.05, 4.69) is 17.4 Å². The van der Waals surface area contributed by atoms with Gasteiger partial charge in [0, 0.05) is 17.9 Å². The summed E-state index contributed by atoms with van der Waals surface area (Å²) in [4.78, 5) is 11.7. The Kier molecular flexibility index (Phi) is 4.13. The highest BCUT2D eigenvalue weighted by Crippen LogP contribution is 2.43. The second-order valence-electron chi connectivity index (χ2n) is 5.73. The lowest BCUT2D eigenvalue weighted by Gasteiger charge is -2.42. The van der Waals surface area contributed by atoms with Gasteiger partial charge in [0.25, 0.3) is 0 Å². The van der Waals surface area contributed by atoms with Gasteiger partial charge in [0.05, 0.1) is 7.11 Å². The molecule has 104 valence electrons. The van der Waals surface area contributed by atoms with Gasteiger partial charge in [-0.3, -0.25) is 4.79 Å². The Balaban J connectivity index is 2.06. The van der Waals surface area contributed by atoms with E-state index >= 15 is 0 Å². The molecular weight excluding hydrogens is 238 g/mol. The van der Waals surface area contributed by atoms with E-state index in [1.165, 1.54) is 12.0 Å². The van der Waals surface area contributed by atoms with Gasteiger partial charge in [0.2, 0.25) is 5.91 Å². The first-order valence-electron chi connectivity index (χ1n) is 7.00. The van der Waals surface area contributed by atoms with Crippen LogP contribution in [0, 0.1) is 5.92 Å². The maximum Gasteiger partial charge on any atom is 0.222 e. The van der Waals surface area contributed by atoms with Gasteiger partial charge in [-0.15, -0.1) is 0 Å². The summed E-state index contributed by atoms with van der Waals surface area (Å²) in [6, 6.07) is 8.25. The number of benzene rings is 1. The van der Waals surface area contributed by atoms with Crippen LogP contribution in [0.25, 0.3) is 0 Å². The number of hydrogen-bond acceptors (Lipinski definition) is 2. The summed E-state index contributed by atoms with van der Waals surface area (Å²) in [6.45, 7) is 4.60. The van der Waals surface area contributed by atoms with E-state index in [0.717, 1.165) is 25.1 Å². The molecule has 2 rings (SSSR count). The van der Waals surface area contributed by atoms with E-state index in [4.69, 9.17) is 4.74 Å². The van der Waals surface area contributed by atoms with Crippen LogP contribution in [0.3, 0.4) is 0 Å². The Hall–Kier alpha value is -1.51. The van der Waals surface area contributed by atoms with Crippen LogP contribution in [-0.4, -0.2) is 19.6 Å². The van der Waals surface area contributed by atoms with E-state index in [1.54, 1.807) is 7.11 Å². The minimum Gasteiger partial charge on any atom is -0.497 e. The molecule has 3 heteroatoms. The summed E-state index contributed by atoms with van der Waals surface area (Å²) in [5.41, 5.74) is 1.44. The lowest BCUT2D eigenvalue weighted by molar-refractivity contribution is -0.124. The van der Waals surface area contributed by atoms with Crippen molar-refractivity contribution in [1.29, 1.82) is 0 Å². The maximum absolute atomic E-state index is 11.7. The summed E-state index contributed by atoms with van der Waals surface area (Å²) in [6.07, 6.45) is 3.54. The fraction of sp³-hybridized carbons (Fsp3) is 0.562. The molecule has 1 N–H and O–H groups in total. The van der Waals surface area contributed by atoms with Crippen molar-refractivity contribution in [2.24, 2.45) is 5.92 Å². The molecule has 1 aromatic rings. The fourth-order valence-electron chi connectivity index (χ4n) is 2.58. The average molecular weight is 261 g/mol. The van der Waals surface area contributed by atoms with Crippen molar-refractivity contribution in [1.82, 2.24) is 5.32 Å². The predicted octanol–water partition coefficient (Wildman–Crippen LogP) is 2.89. The van der Waals surface area contributed by atoms with E-state index in [0.29, 0.717) is 0 Å². The van der Waals surface area contributed by atoms with Crippen molar-refractivity contribution >= 4 is 5.91 Å². The molecule has 0 aliphatic heterocycles. The number of amides is 1. The highest BCUT2D eigenvalue weighted by Gasteiger charge is 2.38. The molecule has 0 bridgehead atoms. The van der Waals surface area contributed by atoms with Crippen molar-refractivity contribution < 1.29 is 9.53 Å². The zero-order valence-corrected chi connectivity index (χ0v) is 12.0. The molecule has 1 saturated carbocycles. The molecule has 0 aromatic heterocycles. The first-order valence-corrected chi connectivity index (χ1v) is 7.00. The van der Waals surface area contributed by atoms with Gasteiger partial charge >= 0.3 is 0 Å².